The van der Waals surface area contributed by atoms with E-state index in [4.69, 9.17) is 9.84 Å². The molecule has 0 atom stereocenters. The summed E-state index contributed by atoms with van der Waals surface area (Å²) in [6.45, 7) is 5.05. The summed E-state index contributed by atoms with van der Waals surface area (Å²) in [4.78, 5) is 10.3. The molecule has 0 unspecified atom stereocenters. The topological polar surface area (TPSA) is 46.5 Å². The first-order valence-corrected chi connectivity index (χ1v) is 6.86. The van der Waals surface area contributed by atoms with Crippen LogP contribution >= 0.6 is 0 Å². The van der Waals surface area contributed by atoms with Crippen LogP contribution in [0.2, 0.25) is 0 Å². The van der Waals surface area contributed by atoms with Crippen molar-refractivity contribution in [3.05, 3.63) is 6.92 Å². The van der Waals surface area contributed by atoms with Crippen LogP contribution < -0.4 is 0 Å². The number of hydrogen-bond acceptors (Lipinski definition) is 2. The fourth-order valence-electron chi connectivity index (χ4n) is 1.82. The van der Waals surface area contributed by atoms with E-state index < -0.39 is 5.97 Å². The molecule has 1 radical (unpaired) electrons. The van der Waals surface area contributed by atoms with Gasteiger partial charge in [0, 0.05) is 19.6 Å². The van der Waals surface area contributed by atoms with Crippen molar-refractivity contribution in [2.45, 2.75) is 64.2 Å². The van der Waals surface area contributed by atoms with Crippen LogP contribution in [0.25, 0.3) is 0 Å². The third-order valence-electron chi connectivity index (χ3n) is 2.82. The van der Waals surface area contributed by atoms with Gasteiger partial charge >= 0.3 is 5.97 Å². The van der Waals surface area contributed by atoms with E-state index in [1.165, 1.54) is 38.5 Å². The van der Waals surface area contributed by atoms with Crippen molar-refractivity contribution in [2.75, 3.05) is 13.2 Å². The zero-order valence-electron chi connectivity index (χ0n) is 11.0. The van der Waals surface area contributed by atoms with Crippen LogP contribution in [0, 0.1) is 6.92 Å². The van der Waals surface area contributed by atoms with E-state index in [0.717, 1.165) is 25.9 Å². The molecule has 0 rings (SSSR count). The van der Waals surface area contributed by atoms with Gasteiger partial charge in [0.1, 0.15) is 0 Å². The summed E-state index contributed by atoms with van der Waals surface area (Å²) in [5, 5.41) is 8.46. The Morgan fingerprint density at radius 3 is 1.82 bits per heavy atom. The van der Waals surface area contributed by atoms with Gasteiger partial charge in [-0.05, 0) is 19.8 Å². The van der Waals surface area contributed by atoms with Crippen molar-refractivity contribution in [1.29, 1.82) is 0 Å². The molecule has 0 spiro atoms. The Labute approximate surface area is 106 Å². The highest BCUT2D eigenvalue weighted by Gasteiger charge is 1.96. The fraction of sp³-hybridized carbons (Fsp3) is 0.857. The molecule has 0 aliphatic rings. The van der Waals surface area contributed by atoms with Crippen LogP contribution in [0.1, 0.15) is 64.2 Å². The number of hydrogen-bond donors (Lipinski definition) is 1. The van der Waals surface area contributed by atoms with Crippen molar-refractivity contribution < 1.29 is 14.6 Å². The summed E-state index contributed by atoms with van der Waals surface area (Å²) < 4.78 is 5.17. The Balaban J connectivity index is 2.91. The summed E-state index contributed by atoms with van der Waals surface area (Å²) >= 11 is 0. The van der Waals surface area contributed by atoms with Crippen LogP contribution in [-0.4, -0.2) is 24.3 Å². The SMILES string of the molecule is [CH2]COCCCCCCCCCCCC(=O)O. The molecule has 0 fully saturated rings. The Hall–Kier alpha value is -0.570. The lowest BCUT2D eigenvalue weighted by Crippen LogP contribution is -1.94. The number of ether oxygens (including phenoxy) is 1. The molecule has 0 amide bonds. The van der Waals surface area contributed by atoms with Crippen LogP contribution in [-0.2, 0) is 9.53 Å². The minimum atomic E-state index is -0.672. The predicted octanol–water partition coefficient (Wildman–Crippen LogP) is 3.82. The molecule has 0 bridgehead atoms. The number of carboxylic acid groups (broad SMARTS) is 1. The maximum atomic E-state index is 10.3. The van der Waals surface area contributed by atoms with Gasteiger partial charge in [0.2, 0.25) is 0 Å². The molecule has 0 aliphatic carbocycles. The second kappa shape index (κ2) is 13.5. The van der Waals surface area contributed by atoms with E-state index in [1.807, 2.05) is 0 Å². The lowest BCUT2D eigenvalue weighted by molar-refractivity contribution is -0.137. The van der Waals surface area contributed by atoms with Crippen molar-refractivity contribution in [3.63, 3.8) is 0 Å². The van der Waals surface area contributed by atoms with Gasteiger partial charge < -0.3 is 9.84 Å². The monoisotopic (exact) mass is 243 g/mol. The average molecular weight is 243 g/mol. The quantitative estimate of drug-likeness (QED) is 0.500. The molecule has 0 heterocycles. The third kappa shape index (κ3) is 15.4. The van der Waals surface area contributed by atoms with Crippen molar-refractivity contribution >= 4 is 5.97 Å². The Morgan fingerprint density at radius 2 is 1.35 bits per heavy atom. The van der Waals surface area contributed by atoms with E-state index in [9.17, 15) is 4.79 Å². The van der Waals surface area contributed by atoms with E-state index in [1.54, 1.807) is 0 Å². The van der Waals surface area contributed by atoms with Gasteiger partial charge in [0.05, 0.1) is 0 Å². The highest BCUT2D eigenvalue weighted by Crippen LogP contribution is 2.10. The van der Waals surface area contributed by atoms with Gasteiger partial charge in [-0.3, -0.25) is 4.79 Å². The molecule has 0 aromatic carbocycles. The van der Waals surface area contributed by atoms with E-state index in [-0.39, 0.29) is 0 Å². The summed E-state index contributed by atoms with van der Waals surface area (Å²) in [6, 6.07) is 0. The lowest BCUT2D eigenvalue weighted by Gasteiger charge is -2.02. The highest BCUT2D eigenvalue weighted by molar-refractivity contribution is 5.66. The molecular weight excluding hydrogens is 216 g/mol. The molecule has 3 heteroatoms. The summed E-state index contributed by atoms with van der Waals surface area (Å²) in [5.41, 5.74) is 0. The molecule has 101 valence electrons. The van der Waals surface area contributed by atoms with E-state index >= 15 is 0 Å². The molecule has 1 N–H and O–H groups in total. The number of rotatable bonds is 13. The number of carbonyl (C=O) groups is 1. The van der Waals surface area contributed by atoms with Crippen molar-refractivity contribution in [3.8, 4) is 0 Å². The van der Waals surface area contributed by atoms with Gasteiger partial charge in [-0.15, -0.1) is 0 Å². The second-order valence-corrected chi connectivity index (χ2v) is 4.44. The Morgan fingerprint density at radius 1 is 0.882 bits per heavy atom. The van der Waals surface area contributed by atoms with Crippen LogP contribution in [0.15, 0.2) is 0 Å². The molecule has 0 aromatic heterocycles. The summed E-state index contributed by atoms with van der Waals surface area (Å²) in [7, 11) is 0. The maximum Gasteiger partial charge on any atom is 0.303 e. The largest absolute Gasteiger partial charge is 0.481 e. The zero-order chi connectivity index (χ0) is 12.8. The minimum absolute atomic E-state index is 0.326. The lowest BCUT2D eigenvalue weighted by atomic mass is 10.1. The van der Waals surface area contributed by atoms with Crippen molar-refractivity contribution in [1.82, 2.24) is 0 Å². The number of unbranched alkanes of at least 4 members (excludes halogenated alkanes) is 8. The first-order chi connectivity index (χ1) is 8.27. The maximum absolute atomic E-state index is 10.3. The number of aliphatic carboxylic acids is 1. The van der Waals surface area contributed by atoms with Crippen LogP contribution in [0.3, 0.4) is 0 Å². The first kappa shape index (κ1) is 16.4. The van der Waals surface area contributed by atoms with Crippen LogP contribution in [0.4, 0.5) is 0 Å². The average Bonchev–Trinajstić information content (AvgIpc) is 2.30. The molecule has 3 nitrogen and oxygen atoms in total. The van der Waals surface area contributed by atoms with Crippen LogP contribution in [0.5, 0.6) is 0 Å². The fourth-order valence-corrected chi connectivity index (χ4v) is 1.82. The summed E-state index contributed by atoms with van der Waals surface area (Å²) in [6.07, 6.45) is 10.9. The summed E-state index contributed by atoms with van der Waals surface area (Å²) in [5.74, 6) is -0.672. The van der Waals surface area contributed by atoms with Gasteiger partial charge in [0.25, 0.3) is 0 Å². The molecule has 0 saturated heterocycles. The zero-order valence-corrected chi connectivity index (χ0v) is 11.0. The standard InChI is InChI=1S/C14H27O3/c1-2-17-13-11-9-7-5-3-4-6-8-10-12-14(15)16/h1-13H2,(H,15,16). The molecule has 17 heavy (non-hydrogen) atoms. The molecule has 0 saturated carbocycles. The van der Waals surface area contributed by atoms with Gasteiger partial charge in [-0.1, -0.05) is 44.9 Å². The van der Waals surface area contributed by atoms with Gasteiger partial charge in [-0.2, -0.15) is 0 Å². The minimum Gasteiger partial charge on any atom is -0.481 e. The molecule has 0 aliphatic heterocycles. The number of carboxylic acids is 1. The smallest absolute Gasteiger partial charge is 0.303 e. The second-order valence-electron chi connectivity index (χ2n) is 4.44. The molecular formula is C14H27O3. The third-order valence-corrected chi connectivity index (χ3v) is 2.82. The normalized spacial score (nSPS) is 10.6. The van der Waals surface area contributed by atoms with Gasteiger partial charge in [0.15, 0.2) is 0 Å². The predicted molar refractivity (Wildman–Crippen MR) is 70.0 cm³/mol. The van der Waals surface area contributed by atoms with Gasteiger partial charge in [-0.25, -0.2) is 0 Å². The van der Waals surface area contributed by atoms with Crippen molar-refractivity contribution in [2.24, 2.45) is 0 Å². The van der Waals surface area contributed by atoms with E-state index in [0.29, 0.717) is 13.0 Å². The highest BCUT2D eigenvalue weighted by atomic mass is 16.5. The van der Waals surface area contributed by atoms with E-state index in [2.05, 4.69) is 6.92 Å². The molecule has 0 aromatic rings. The Kier molecular flexibility index (Phi) is 13.0. The first-order valence-electron chi connectivity index (χ1n) is 6.86. The Bertz CT molecular complexity index is 169.